The number of nitrogens with two attached hydrogens (primary N) is 1. The lowest BCUT2D eigenvalue weighted by atomic mass is 10.0. The molecule has 1 unspecified atom stereocenters. The van der Waals surface area contributed by atoms with E-state index in [4.69, 9.17) is 15.2 Å². The third-order valence-electron chi connectivity index (χ3n) is 3.63. The van der Waals surface area contributed by atoms with Crippen molar-refractivity contribution < 1.29 is 9.47 Å². The minimum atomic E-state index is -0.472. The van der Waals surface area contributed by atoms with Crippen LogP contribution in [0, 0.1) is 0 Å². The highest BCUT2D eigenvalue weighted by atomic mass is 16.7. The molecule has 92 valence electrons. The summed E-state index contributed by atoms with van der Waals surface area (Å²) in [5.74, 6) is -0.472. The molecule has 1 heterocycles. The van der Waals surface area contributed by atoms with Crippen LogP contribution in [0.3, 0.4) is 0 Å². The Morgan fingerprint density at radius 1 is 1.29 bits per heavy atom. The Hall–Kier alpha value is -0.900. The molecule has 0 amide bonds. The van der Waals surface area contributed by atoms with Crippen molar-refractivity contribution in [3.63, 3.8) is 0 Å². The van der Waals surface area contributed by atoms with Gasteiger partial charge in [-0.3, -0.25) is 0 Å². The fourth-order valence-electron chi connectivity index (χ4n) is 2.32. The molecule has 3 heteroatoms. The molecular weight excluding hydrogens is 214 g/mol. The second-order valence-corrected chi connectivity index (χ2v) is 5.60. The first-order chi connectivity index (χ1) is 7.99. The van der Waals surface area contributed by atoms with E-state index in [1.165, 1.54) is 11.1 Å². The van der Waals surface area contributed by atoms with E-state index >= 15 is 0 Å². The van der Waals surface area contributed by atoms with E-state index in [1.54, 1.807) is 0 Å². The second kappa shape index (κ2) is 3.55. The highest BCUT2D eigenvalue weighted by Gasteiger charge is 2.40. The summed E-state index contributed by atoms with van der Waals surface area (Å²) in [6.07, 6.45) is 2.21. The quantitative estimate of drug-likeness (QED) is 0.853. The van der Waals surface area contributed by atoms with Gasteiger partial charge >= 0.3 is 0 Å². The number of benzene rings is 1. The maximum Gasteiger partial charge on any atom is 0.163 e. The monoisotopic (exact) mass is 233 g/mol. The largest absolute Gasteiger partial charge is 0.347 e. The molecule has 2 N–H and O–H groups in total. The van der Waals surface area contributed by atoms with Gasteiger partial charge in [0.2, 0.25) is 0 Å². The molecule has 1 aliphatic heterocycles. The van der Waals surface area contributed by atoms with Crippen LogP contribution in [0.5, 0.6) is 0 Å². The van der Waals surface area contributed by atoms with Crippen LogP contribution in [-0.4, -0.2) is 12.4 Å². The highest BCUT2D eigenvalue weighted by Crippen LogP contribution is 2.43. The average molecular weight is 233 g/mol. The van der Waals surface area contributed by atoms with Crippen molar-refractivity contribution in [3.8, 4) is 0 Å². The summed E-state index contributed by atoms with van der Waals surface area (Å²) in [6.45, 7) is 4.51. The molecule has 1 saturated heterocycles. The molecule has 17 heavy (non-hydrogen) atoms. The molecule has 1 saturated carbocycles. The summed E-state index contributed by atoms with van der Waals surface area (Å²) in [6, 6.07) is 8.43. The zero-order chi connectivity index (χ0) is 12.1. The molecule has 2 aliphatic rings. The molecule has 1 aromatic rings. The topological polar surface area (TPSA) is 44.5 Å². The molecule has 3 rings (SSSR count). The van der Waals surface area contributed by atoms with Gasteiger partial charge in [0.1, 0.15) is 6.10 Å². The van der Waals surface area contributed by atoms with Crippen LogP contribution < -0.4 is 5.73 Å². The highest BCUT2D eigenvalue weighted by molar-refractivity contribution is 5.34. The standard InChI is InChI=1S/C14H19NO2/c1-13(2)16-9-12(17-13)10-4-3-5-11(8-10)14(15)6-7-14/h3-5,8,12H,6-7,9,15H2,1-2H3. The Morgan fingerprint density at radius 3 is 2.65 bits per heavy atom. The molecule has 1 aromatic carbocycles. The molecule has 3 nitrogen and oxygen atoms in total. The normalized spacial score (nSPS) is 29.2. The molecule has 0 spiro atoms. The van der Waals surface area contributed by atoms with Gasteiger partial charge in [0.05, 0.1) is 6.61 Å². The summed E-state index contributed by atoms with van der Waals surface area (Å²) in [7, 11) is 0. The van der Waals surface area contributed by atoms with Crippen molar-refractivity contribution in [1.82, 2.24) is 0 Å². The third-order valence-corrected chi connectivity index (χ3v) is 3.63. The fourth-order valence-corrected chi connectivity index (χ4v) is 2.32. The molecule has 0 aromatic heterocycles. The summed E-state index contributed by atoms with van der Waals surface area (Å²) < 4.78 is 11.5. The first kappa shape index (κ1) is 11.2. The van der Waals surface area contributed by atoms with Gasteiger partial charge in [-0.05, 0) is 37.8 Å². The zero-order valence-electron chi connectivity index (χ0n) is 10.4. The summed E-state index contributed by atoms with van der Waals surface area (Å²) in [5, 5.41) is 0. The van der Waals surface area contributed by atoms with E-state index < -0.39 is 5.79 Å². The van der Waals surface area contributed by atoms with Crippen molar-refractivity contribution in [1.29, 1.82) is 0 Å². The Bertz CT molecular complexity index is 438. The Morgan fingerprint density at radius 2 is 2.06 bits per heavy atom. The van der Waals surface area contributed by atoms with E-state index in [2.05, 4.69) is 24.3 Å². The number of ether oxygens (including phenoxy) is 2. The predicted molar refractivity (Wildman–Crippen MR) is 65.4 cm³/mol. The lowest BCUT2D eigenvalue weighted by molar-refractivity contribution is -0.139. The van der Waals surface area contributed by atoms with Gasteiger partial charge in [0, 0.05) is 5.54 Å². The van der Waals surface area contributed by atoms with Crippen LogP contribution in [0.15, 0.2) is 24.3 Å². The lowest BCUT2D eigenvalue weighted by Crippen LogP contribution is -2.20. The van der Waals surface area contributed by atoms with E-state index in [9.17, 15) is 0 Å². The maximum absolute atomic E-state index is 6.22. The second-order valence-electron chi connectivity index (χ2n) is 5.60. The first-order valence-corrected chi connectivity index (χ1v) is 6.20. The van der Waals surface area contributed by atoms with Gasteiger partial charge in [-0.15, -0.1) is 0 Å². The fraction of sp³-hybridized carbons (Fsp3) is 0.571. The van der Waals surface area contributed by atoms with Gasteiger partial charge in [-0.2, -0.15) is 0 Å². The van der Waals surface area contributed by atoms with Crippen LogP contribution in [0.4, 0.5) is 0 Å². The van der Waals surface area contributed by atoms with Gasteiger partial charge in [-0.1, -0.05) is 24.3 Å². The van der Waals surface area contributed by atoms with Crippen molar-refractivity contribution in [2.45, 2.75) is 44.1 Å². The van der Waals surface area contributed by atoms with Gasteiger partial charge < -0.3 is 15.2 Å². The molecule has 1 atom stereocenters. The minimum Gasteiger partial charge on any atom is -0.347 e. The number of rotatable bonds is 2. The zero-order valence-corrected chi connectivity index (χ0v) is 10.4. The number of hydrogen-bond donors (Lipinski definition) is 1. The predicted octanol–water partition coefficient (Wildman–Crippen LogP) is 2.46. The molecule has 1 aliphatic carbocycles. The van der Waals surface area contributed by atoms with Crippen LogP contribution >= 0.6 is 0 Å². The smallest absolute Gasteiger partial charge is 0.163 e. The van der Waals surface area contributed by atoms with Crippen molar-refractivity contribution in [2.24, 2.45) is 5.73 Å². The summed E-state index contributed by atoms with van der Waals surface area (Å²) in [5.41, 5.74) is 8.53. The van der Waals surface area contributed by atoms with E-state index in [0.29, 0.717) is 6.61 Å². The lowest BCUT2D eigenvalue weighted by Gasteiger charge is -2.18. The van der Waals surface area contributed by atoms with Crippen LogP contribution in [-0.2, 0) is 15.0 Å². The molecule has 0 radical (unpaired) electrons. The van der Waals surface area contributed by atoms with E-state index in [1.807, 2.05) is 13.8 Å². The molecule has 0 bridgehead atoms. The van der Waals surface area contributed by atoms with Crippen LogP contribution in [0.1, 0.15) is 43.9 Å². The van der Waals surface area contributed by atoms with Gasteiger partial charge in [0.25, 0.3) is 0 Å². The van der Waals surface area contributed by atoms with Crippen molar-refractivity contribution in [2.75, 3.05) is 6.61 Å². The number of hydrogen-bond acceptors (Lipinski definition) is 3. The maximum atomic E-state index is 6.22. The summed E-state index contributed by atoms with van der Waals surface area (Å²) >= 11 is 0. The minimum absolute atomic E-state index is 0.0345. The Balaban J connectivity index is 1.84. The SMILES string of the molecule is CC1(C)OCC(c2cccc(C3(N)CC3)c2)O1. The van der Waals surface area contributed by atoms with Gasteiger partial charge in [0.15, 0.2) is 5.79 Å². The van der Waals surface area contributed by atoms with Crippen molar-refractivity contribution >= 4 is 0 Å². The first-order valence-electron chi connectivity index (χ1n) is 6.20. The molecular formula is C14H19NO2. The van der Waals surface area contributed by atoms with Gasteiger partial charge in [-0.25, -0.2) is 0 Å². The average Bonchev–Trinajstić information content (AvgIpc) is 2.94. The Labute approximate surface area is 102 Å². The third kappa shape index (κ3) is 2.10. The summed E-state index contributed by atoms with van der Waals surface area (Å²) in [4.78, 5) is 0. The van der Waals surface area contributed by atoms with E-state index in [0.717, 1.165) is 12.8 Å². The van der Waals surface area contributed by atoms with Crippen LogP contribution in [0.2, 0.25) is 0 Å². The molecule has 2 fully saturated rings. The Kier molecular flexibility index (Phi) is 2.34. The van der Waals surface area contributed by atoms with E-state index in [-0.39, 0.29) is 11.6 Å². The van der Waals surface area contributed by atoms with Crippen LogP contribution in [0.25, 0.3) is 0 Å². The van der Waals surface area contributed by atoms with Crippen molar-refractivity contribution in [3.05, 3.63) is 35.4 Å².